The number of rotatable bonds is 2. The number of nitrogens with one attached hydrogen (secondary N) is 1. The molecule has 3 saturated heterocycles. The molecule has 1 N–H and O–H groups in total. The molecule has 16 heavy (non-hydrogen) atoms. The second-order valence-corrected chi connectivity index (χ2v) is 5.25. The fourth-order valence-electron chi connectivity index (χ4n) is 2.61. The Labute approximate surface area is 98.7 Å². The molecule has 0 aliphatic carbocycles. The maximum absolute atomic E-state index is 12.2. The summed E-state index contributed by atoms with van der Waals surface area (Å²) in [6.07, 6.45) is 2.18. The molecule has 0 saturated carbocycles. The van der Waals surface area contributed by atoms with Crippen molar-refractivity contribution in [2.45, 2.75) is 25.4 Å². The third-order valence-corrected chi connectivity index (χ3v) is 4.14. The molecule has 1 aromatic heterocycles. The molecule has 86 valence electrons. The van der Waals surface area contributed by atoms with Crippen molar-refractivity contribution in [2.75, 3.05) is 13.1 Å². The van der Waals surface area contributed by atoms with Crippen LogP contribution in [0, 0.1) is 5.92 Å². The molecule has 2 atom stereocenters. The summed E-state index contributed by atoms with van der Waals surface area (Å²) >= 11 is 1.59. The van der Waals surface area contributed by atoms with Gasteiger partial charge in [-0.1, -0.05) is 0 Å². The predicted molar refractivity (Wildman–Crippen MR) is 62.0 cm³/mol. The van der Waals surface area contributed by atoms with Crippen LogP contribution in [-0.2, 0) is 11.3 Å². The van der Waals surface area contributed by atoms with Crippen molar-refractivity contribution in [3.05, 3.63) is 16.6 Å². The Bertz CT molecular complexity index is 375. The summed E-state index contributed by atoms with van der Waals surface area (Å²) in [7, 11) is 0. The highest BCUT2D eigenvalue weighted by Gasteiger charge is 2.37. The lowest BCUT2D eigenvalue weighted by molar-refractivity contribution is -0.140. The lowest BCUT2D eigenvalue weighted by Crippen LogP contribution is -2.47. The summed E-state index contributed by atoms with van der Waals surface area (Å²) in [5.41, 5.74) is 2.85. The number of fused-ring (bicyclic) bond motifs is 4. The monoisotopic (exact) mass is 237 g/mol. The van der Waals surface area contributed by atoms with E-state index in [-0.39, 0.29) is 5.92 Å². The van der Waals surface area contributed by atoms with Crippen LogP contribution in [0.1, 0.15) is 18.5 Å². The van der Waals surface area contributed by atoms with Gasteiger partial charge in [-0.25, -0.2) is 4.98 Å². The normalized spacial score (nSPS) is 29.5. The third kappa shape index (κ3) is 1.74. The Balaban J connectivity index is 1.80. The maximum atomic E-state index is 12.2. The number of carbonyl (C=O) groups excluding carboxylic acids is 1. The molecule has 1 aromatic rings. The van der Waals surface area contributed by atoms with Gasteiger partial charge >= 0.3 is 0 Å². The highest BCUT2D eigenvalue weighted by molar-refractivity contribution is 7.07. The topological polar surface area (TPSA) is 45.2 Å². The molecule has 0 aromatic carbocycles. The van der Waals surface area contributed by atoms with E-state index in [2.05, 4.69) is 10.3 Å². The van der Waals surface area contributed by atoms with E-state index in [0.29, 0.717) is 18.5 Å². The van der Waals surface area contributed by atoms with Crippen molar-refractivity contribution < 1.29 is 4.79 Å². The van der Waals surface area contributed by atoms with Crippen LogP contribution < -0.4 is 5.32 Å². The second-order valence-electron chi connectivity index (χ2n) is 4.53. The van der Waals surface area contributed by atoms with Crippen molar-refractivity contribution in [3.63, 3.8) is 0 Å². The first-order chi connectivity index (χ1) is 7.84. The molecule has 5 heteroatoms. The van der Waals surface area contributed by atoms with Crippen molar-refractivity contribution in [1.29, 1.82) is 0 Å². The summed E-state index contributed by atoms with van der Waals surface area (Å²) in [4.78, 5) is 18.5. The molecule has 1 amide bonds. The molecule has 3 aliphatic heterocycles. The molecule has 0 unspecified atom stereocenters. The summed E-state index contributed by atoms with van der Waals surface area (Å²) in [5.74, 6) is 0.506. The van der Waals surface area contributed by atoms with Gasteiger partial charge in [-0.05, 0) is 12.8 Å². The highest BCUT2D eigenvalue weighted by Crippen LogP contribution is 2.27. The van der Waals surface area contributed by atoms with Gasteiger partial charge in [0, 0.05) is 24.5 Å². The lowest BCUT2D eigenvalue weighted by atomic mass is 9.94. The number of hydrogen-bond donors (Lipinski definition) is 1. The first-order valence-electron chi connectivity index (χ1n) is 5.73. The van der Waals surface area contributed by atoms with E-state index in [1.165, 1.54) is 0 Å². The molecule has 4 nitrogen and oxygen atoms in total. The standard InChI is InChI=1S/C11H15N3OS/c15-11-8-1-2-10(4-12-3-8)14(11)5-9-6-16-7-13-9/h6-8,10,12H,1-5H2/t8-,10+/m0/s1. The number of nitrogens with zero attached hydrogens (tertiary/aromatic N) is 2. The first-order valence-corrected chi connectivity index (χ1v) is 6.67. The van der Waals surface area contributed by atoms with E-state index in [1.54, 1.807) is 11.3 Å². The smallest absolute Gasteiger partial charge is 0.227 e. The van der Waals surface area contributed by atoms with E-state index in [9.17, 15) is 4.79 Å². The number of thiazole rings is 1. The zero-order valence-electron chi connectivity index (χ0n) is 9.06. The van der Waals surface area contributed by atoms with Gasteiger partial charge in [0.2, 0.25) is 5.91 Å². The summed E-state index contributed by atoms with van der Waals surface area (Å²) in [6, 6.07) is 0.368. The summed E-state index contributed by atoms with van der Waals surface area (Å²) in [6.45, 7) is 2.47. The number of amides is 1. The van der Waals surface area contributed by atoms with Crippen molar-refractivity contribution in [1.82, 2.24) is 15.2 Å². The van der Waals surface area contributed by atoms with Gasteiger partial charge in [0.25, 0.3) is 0 Å². The van der Waals surface area contributed by atoms with Crippen LogP contribution in [0.25, 0.3) is 0 Å². The fraction of sp³-hybridized carbons (Fsp3) is 0.636. The molecule has 4 rings (SSSR count). The van der Waals surface area contributed by atoms with Crippen LogP contribution in [0.5, 0.6) is 0 Å². The van der Waals surface area contributed by atoms with Crippen molar-refractivity contribution in [3.8, 4) is 0 Å². The van der Waals surface area contributed by atoms with Crippen LogP contribution in [-0.4, -0.2) is 34.9 Å². The maximum Gasteiger partial charge on any atom is 0.227 e. The number of piperidine rings is 1. The van der Waals surface area contributed by atoms with Gasteiger partial charge in [-0.15, -0.1) is 11.3 Å². The Kier molecular flexibility index (Phi) is 2.65. The van der Waals surface area contributed by atoms with Crippen LogP contribution in [0.4, 0.5) is 0 Å². The van der Waals surface area contributed by atoms with Crippen molar-refractivity contribution >= 4 is 17.2 Å². The van der Waals surface area contributed by atoms with Crippen molar-refractivity contribution in [2.24, 2.45) is 5.92 Å². The summed E-state index contributed by atoms with van der Waals surface area (Å²) < 4.78 is 0. The minimum atomic E-state index is 0.192. The second kappa shape index (κ2) is 4.14. The molecule has 4 heterocycles. The number of carbonyl (C=O) groups is 1. The van der Waals surface area contributed by atoms with Crippen LogP contribution in [0.15, 0.2) is 10.9 Å². The minimum Gasteiger partial charge on any atom is -0.332 e. The molecule has 3 aliphatic rings. The SMILES string of the molecule is O=C1[C@H]2CC[C@H](CNC2)N1Cc1cscn1. The van der Waals surface area contributed by atoms with Gasteiger partial charge in [-0.2, -0.15) is 0 Å². The van der Waals surface area contributed by atoms with E-state index in [0.717, 1.165) is 31.6 Å². The van der Waals surface area contributed by atoms with Gasteiger partial charge in [0.05, 0.1) is 23.7 Å². The van der Waals surface area contributed by atoms with E-state index < -0.39 is 0 Å². The molecule has 0 spiro atoms. The number of hydrogen-bond acceptors (Lipinski definition) is 4. The van der Waals surface area contributed by atoms with E-state index in [1.807, 2.05) is 15.8 Å². The average molecular weight is 237 g/mol. The number of aromatic nitrogens is 1. The van der Waals surface area contributed by atoms with Crippen LogP contribution >= 0.6 is 11.3 Å². The molecular weight excluding hydrogens is 222 g/mol. The molecular formula is C11H15N3OS. The minimum absolute atomic E-state index is 0.192. The third-order valence-electron chi connectivity index (χ3n) is 3.51. The quantitative estimate of drug-likeness (QED) is 0.829. The Morgan fingerprint density at radius 1 is 1.50 bits per heavy atom. The lowest BCUT2D eigenvalue weighted by Gasteiger charge is -2.35. The van der Waals surface area contributed by atoms with Gasteiger partial charge < -0.3 is 10.2 Å². The van der Waals surface area contributed by atoms with Gasteiger partial charge in [0.1, 0.15) is 0 Å². The summed E-state index contributed by atoms with van der Waals surface area (Å²) in [5, 5.41) is 5.40. The Morgan fingerprint density at radius 2 is 2.44 bits per heavy atom. The van der Waals surface area contributed by atoms with E-state index in [4.69, 9.17) is 0 Å². The Morgan fingerprint density at radius 3 is 3.25 bits per heavy atom. The largest absolute Gasteiger partial charge is 0.332 e. The molecule has 0 radical (unpaired) electrons. The van der Waals surface area contributed by atoms with E-state index >= 15 is 0 Å². The zero-order chi connectivity index (χ0) is 11.0. The molecule has 3 fully saturated rings. The molecule has 2 bridgehead atoms. The zero-order valence-corrected chi connectivity index (χ0v) is 9.87. The fourth-order valence-corrected chi connectivity index (χ4v) is 3.16. The van der Waals surface area contributed by atoms with Gasteiger partial charge in [-0.3, -0.25) is 4.79 Å². The predicted octanol–water partition coefficient (Wildman–Crippen LogP) is 0.853. The average Bonchev–Trinajstić information content (AvgIpc) is 2.62. The van der Waals surface area contributed by atoms with Gasteiger partial charge in [0.15, 0.2) is 0 Å². The van der Waals surface area contributed by atoms with Crippen LogP contribution in [0.2, 0.25) is 0 Å². The Hall–Kier alpha value is -0.940. The first kappa shape index (κ1) is 10.2. The highest BCUT2D eigenvalue weighted by atomic mass is 32.1. The van der Waals surface area contributed by atoms with Crippen LogP contribution in [0.3, 0.4) is 0 Å².